The van der Waals surface area contributed by atoms with Crippen LogP contribution in [0, 0.1) is 18.7 Å². The first-order valence-corrected chi connectivity index (χ1v) is 8.30. The van der Waals surface area contributed by atoms with Gasteiger partial charge < -0.3 is 19.7 Å². The molecule has 0 spiro atoms. The second kappa shape index (κ2) is 7.65. The molecule has 2 aromatic rings. The fraction of sp³-hybridized carbons (Fsp3) is 0.444. The Bertz CT molecular complexity index is 716. The van der Waals surface area contributed by atoms with Crippen molar-refractivity contribution < 1.29 is 23.6 Å². The fourth-order valence-electron chi connectivity index (χ4n) is 3.03. The van der Waals surface area contributed by atoms with Crippen molar-refractivity contribution in [1.82, 2.24) is 10.5 Å². The van der Waals surface area contributed by atoms with Crippen LogP contribution in [0.2, 0.25) is 0 Å². The molecule has 0 unspecified atom stereocenters. The number of aliphatic hydroxyl groups is 1. The van der Waals surface area contributed by atoms with Crippen LogP contribution in [0.15, 0.2) is 34.9 Å². The number of benzene rings is 1. The van der Waals surface area contributed by atoms with E-state index in [1.165, 1.54) is 24.3 Å². The van der Waals surface area contributed by atoms with E-state index in [1.807, 2.05) is 0 Å². The van der Waals surface area contributed by atoms with Crippen molar-refractivity contribution in [2.24, 2.45) is 5.92 Å². The zero-order chi connectivity index (χ0) is 17.8. The summed E-state index contributed by atoms with van der Waals surface area (Å²) in [5, 5.41) is 16.9. The van der Waals surface area contributed by atoms with Gasteiger partial charge in [-0.25, -0.2) is 4.39 Å². The van der Waals surface area contributed by atoms with Crippen LogP contribution in [0.3, 0.4) is 0 Å². The lowest BCUT2D eigenvalue weighted by Gasteiger charge is -2.21. The number of hydrogen-bond acceptors (Lipinski definition) is 5. The molecule has 3 rings (SSSR count). The molecule has 0 radical (unpaired) electrons. The molecular weight excluding hydrogens is 327 g/mol. The second-order valence-electron chi connectivity index (χ2n) is 6.35. The number of carbonyl (C=O) groups is 1. The summed E-state index contributed by atoms with van der Waals surface area (Å²) < 4.78 is 23.7. The van der Waals surface area contributed by atoms with E-state index < -0.39 is 6.10 Å². The van der Waals surface area contributed by atoms with Gasteiger partial charge in [0, 0.05) is 18.5 Å². The molecule has 6 nitrogen and oxygen atoms in total. The van der Waals surface area contributed by atoms with Crippen LogP contribution < -0.4 is 10.1 Å². The summed E-state index contributed by atoms with van der Waals surface area (Å²) in [6, 6.07) is 7.43. The van der Waals surface area contributed by atoms with Gasteiger partial charge in [0.25, 0.3) is 0 Å². The van der Waals surface area contributed by atoms with Crippen molar-refractivity contribution in [3.63, 3.8) is 0 Å². The standard InChI is InChI=1S/C18H21FN2O4/c1-11-8-15(25-21-11)9-17(22)20-10-12-2-7-16(18(12)23)24-14-5-3-13(19)4-6-14/h3-6,8,12,16,18,23H,2,7,9-10H2,1H3,(H,20,22)/t12-,16-,18-/m1/s1. The normalized spacial score (nSPS) is 22.8. The van der Waals surface area contributed by atoms with Gasteiger partial charge in [0.1, 0.15) is 23.4 Å². The van der Waals surface area contributed by atoms with Gasteiger partial charge >= 0.3 is 0 Å². The predicted octanol–water partition coefficient (Wildman–Crippen LogP) is 2.00. The van der Waals surface area contributed by atoms with Crippen molar-refractivity contribution in [2.75, 3.05) is 6.54 Å². The van der Waals surface area contributed by atoms with E-state index in [0.717, 1.165) is 12.1 Å². The SMILES string of the molecule is Cc1cc(CC(=O)NC[C@H]2CC[C@@H](Oc3ccc(F)cc3)[C@@H]2O)on1. The molecule has 1 aliphatic carbocycles. The minimum absolute atomic E-state index is 0.0779. The molecule has 3 atom stereocenters. The Morgan fingerprint density at radius 3 is 2.84 bits per heavy atom. The van der Waals surface area contributed by atoms with E-state index in [2.05, 4.69) is 10.5 Å². The van der Waals surface area contributed by atoms with Gasteiger partial charge in [0.15, 0.2) is 0 Å². The molecule has 1 aliphatic rings. The number of nitrogens with zero attached hydrogens (tertiary/aromatic N) is 1. The largest absolute Gasteiger partial charge is 0.488 e. The summed E-state index contributed by atoms with van der Waals surface area (Å²) in [4.78, 5) is 11.9. The zero-order valence-electron chi connectivity index (χ0n) is 13.9. The van der Waals surface area contributed by atoms with E-state index in [9.17, 15) is 14.3 Å². The van der Waals surface area contributed by atoms with Crippen molar-refractivity contribution in [1.29, 1.82) is 0 Å². The zero-order valence-corrected chi connectivity index (χ0v) is 13.9. The van der Waals surface area contributed by atoms with Crippen LogP contribution in [-0.2, 0) is 11.2 Å². The Labute approximate surface area is 145 Å². The molecule has 2 N–H and O–H groups in total. The number of ether oxygens (including phenoxy) is 1. The number of carbonyl (C=O) groups excluding carboxylic acids is 1. The Hall–Kier alpha value is -2.41. The van der Waals surface area contributed by atoms with E-state index >= 15 is 0 Å². The monoisotopic (exact) mass is 348 g/mol. The van der Waals surface area contributed by atoms with Crippen LogP contribution >= 0.6 is 0 Å². The predicted molar refractivity (Wildman–Crippen MR) is 87.5 cm³/mol. The highest BCUT2D eigenvalue weighted by atomic mass is 19.1. The highest BCUT2D eigenvalue weighted by molar-refractivity contribution is 5.77. The molecule has 1 amide bonds. The average Bonchev–Trinajstić information content (AvgIpc) is 3.14. The molecule has 7 heteroatoms. The second-order valence-corrected chi connectivity index (χ2v) is 6.35. The summed E-state index contributed by atoms with van der Waals surface area (Å²) in [7, 11) is 0. The van der Waals surface area contributed by atoms with Crippen molar-refractivity contribution in [2.45, 2.75) is 38.4 Å². The van der Waals surface area contributed by atoms with Crippen LogP contribution in [0.5, 0.6) is 5.75 Å². The lowest BCUT2D eigenvalue weighted by atomic mass is 10.1. The number of aryl methyl sites for hydroxylation is 1. The molecule has 1 aromatic carbocycles. The Kier molecular flexibility index (Phi) is 5.33. The van der Waals surface area contributed by atoms with Gasteiger partial charge in [0.2, 0.25) is 5.91 Å². The summed E-state index contributed by atoms with van der Waals surface area (Å²) in [5.74, 6) is 0.453. The van der Waals surface area contributed by atoms with Gasteiger partial charge in [-0.1, -0.05) is 5.16 Å². The topological polar surface area (TPSA) is 84.6 Å². The van der Waals surface area contributed by atoms with Crippen molar-refractivity contribution in [3.8, 4) is 5.75 Å². The molecular formula is C18H21FN2O4. The summed E-state index contributed by atoms with van der Waals surface area (Å²) in [6.45, 7) is 2.16. The number of aliphatic hydroxyl groups excluding tert-OH is 1. The van der Waals surface area contributed by atoms with Gasteiger partial charge in [-0.3, -0.25) is 4.79 Å². The number of aromatic nitrogens is 1. The van der Waals surface area contributed by atoms with Gasteiger partial charge in [-0.15, -0.1) is 0 Å². The molecule has 1 heterocycles. The van der Waals surface area contributed by atoms with E-state index in [-0.39, 0.29) is 30.2 Å². The minimum atomic E-state index is -0.683. The number of halogens is 1. The molecule has 0 saturated heterocycles. The van der Waals surface area contributed by atoms with Gasteiger partial charge in [-0.2, -0.15) is 0 Å². The number of rotatable bonds is 6. The first kappa shape index (κ1) is 17.4. The Morgan fingerprint density at radius 1 is 1.40 bits per heavy atom. The Balaban J connectivity index is 1.46. The maximum absolute atomic E-state index is 12.9. The molecule has 0 bridgehead atoms. The van der Waals surface area contributed by atoms with E-state index in [0.29, 0.717) is 24.5 Å². The van der Waals surface area contributed by atoms with Crippen LogP contribution in [-0.4, -0.2) is 34.9 Å². The smallest absolute Gasteiger partial charge is 0.227 e. The molecule has 134 valence electrons. The third kappa shape index (κ3) is 4.57. The highest BCUT2D eigenvalue weighted by Crippen LogP contribution is 2.29. The summed E-state index contributed by atoms with van der Waals surface area (Å²) >= 11 is 0. The number of hydrogen-bond donors (Lipinski definition) is 2. The van der Waals surface area contributed by atoms with Crippen LogP contribution in [0.1, 0.15) is 24.3 Å². The summed E-state index contributed by atoms with van der Waals surface area (Å²) in [5.41, 5.74) is 0.731. The number of nitrogens with one attached hydrogen (secondary N) is 1. The quantitative estimate of drug-likeness (QED) is 0.834. The molecule has 25 heavy (non-hydrogen) atoms. The lowest BCUT2D eigenvalue weighted by molar-refractivity contribution is -0.121. The van der Waals surface area contributed by atoms with Gasteiger partial charge in [0.05, 0.1) is 18.2 Å². The minimum Gasteiger partial charge on any atom is -0.488 e. The number of amides is 1. The lowest BCUT2D eigenvalue weighted by Crippen LogP contribution is -2.37. The molecule has 1 fully saturated rings. The molecule has 1 aromatic heterocycles. The molecule has 1 saturated carbocycles. The third-order valence-electron chi connectivity index (χ3n) is 4.36. The maximum atomic E-state index is 12.9. The van der Waals surface area contributed by atoms with Crippen LogP contribution in [0.4, 0.5) is 4.39 Å². The summed E-state index contributed by atoms with van der Waals surface area (Å²) in [6.07, 6.45) is 0.510. The third-order valence-corrected chi connectivity index (χ3v) is 4.36. The maximum Gasteiger partial charge on any atom is 0.227 e. The first-order valence-electron chi connectivity index (χ1n) is 8.30. The fourth-order valence-corrected chi connectivity index (χ4v) is 3.03. The first-order chi connectivity index (χ1) is 12.0. The Morgan fingerprint density at radius 2 is 2.16 bits per heavy atom. The van der Waals surface area contributed by atoms with Crippen LogP contribution in [0.25, 0.3) is 0 Å². The van der Waals surface area contributed by atoms with E-state index in [4.69, 9.17) is 9.26 Å². The highest BCUT2D eigenvalue weighted by Gasteiger charge is 2.36. The average molecular weight is 348 g/mol. The van der Waals surface area contributed by atoms with Crippen molar-refractivity contribution in [3.05, 3.63) is 47.6 Å². The van der Waals surface area contributed by atoms with E-state index in [1.54, 1.807) is 13.0 Å². The van der Waals surface area contributed by atoms with Crippen molar-refractivity contribution >= 4 is 5.91 Å². The van der Waals surface area contributed by atoms with Gasteiger partial charge in [-0.05, 0) is 44.0 Å². The molecule has 0 aliphatic heterocycles.